The number of thioether (sulfide) groups is 1. The molecular formula is C13H14N2OS. The molecule has 0 spiro atoms. The molecule has 0 amide bonds. The summed E-state index contributed by atoms with van der Waals surface area (Å²) in [5.74, 6) is 0.563. The van der Waals surface area contributed by atoms with Crippen LogP contribution in [0.15, 0.2) is 47.9 Å². The first-order valence-corrected chi connectivity index (χ1v) is 6.39. The minimum Gasteiger partial charge on any atom is -0.388 e. The highest BCUT2D eigenvalue weighted by Crippen LogP contribution is 2.21. The molecule has 0 aliphatic rings. The van der Waals surface area contributed by atoms with E-state index in [1.807, 2.05) is 37.3 Å². The minimum absolute atomic E-state index is 0.480. The monoisotopic (exact) mass is 246 g/mol. The zero-order valence-electron chi connectivity index (χ0n) is 9.58. The Bertz CT molecular complexity index is 459. The molecule has 0 saturated heterocycles. The van der Waals surface area contributed by atoms with Gasteiger partial charge in [-0.25, -0.2) is 9.97 Å². The van der Waals surface area contributed by atoms with E-state index in [9.17, 15) is 5.11 Å². The number of hydrogen-bond acceptors (Lipinski definition) is 4. The van der Waals surface area contributed by atoms with Gasteiger partial charge < -0.3 is 5.11 Å². The van der Waals surface area contributed by atoms with Gasteiger partial charge in [0.1, 0.15) is 0 Å². The molecule has 1 heterocycles. The van der Waals surface area contributed by atoms with Gasteiger partial charge in [0.25, 0.3) is 0 Å². The van der Waals surface area contributed by atoms with Gasteiger partial charge in [0.05, 0.1) is 6.10 Å². The van der Waals surface area contributed by atoms with E-state index in [1.54, 1.807) is 12.4 Å². The predicted molar refractivity (Wildman–Crippen MR) is 68.9 cm³/mol. The second kappa shape index (κ2) is 5.80. The fourth-order valence-electron chi connectivity index (χ4n) is 1.38. The molecule has 88 valence electrons. The van der Waals surface area contributed by atoms with Crippen LogP contribution in [-0.4, -0.2) is 20.8 Å². The molecule has 2 aromatic rings. The third kappa shape index (κ3) is 3.54. The van der Waals surface area contributed by atoms with E-state index in [-0.39, 0.29) is 0 Å². The number of aromatic nitrogens is 2. The smallest absolute Gasteiger partial charge is 0.187 e. The lowest BCUT2D eigenvalue weighted by molar-refractivity contribution is 0.204. The molecule has 1 N–H and O–H groups in total. The highest BCUT2D eigenvalue weighted by atomic mass is 32.2. The van der Waals surface area contributed by atoms with E-state index >= 15 is 0 Å². The zero-order valence-corrected chi connectivity index (χ0v) is 10.4. The molecule has 0 saturated carbocycles. The average Bonchev–Trinajstić information content (AvgIpc) is 2.39. The van der Waals surface area contributed by atoms with Crippen molar-refractivity contribution in [2.45, 2.75) is 18.2 Å². The summed E-state index contributed by atoms with van der Waals surface area (Å²) in [6, 6.07) is 9.62. The van der Waals surface area contributed by atoms with Gasteiger partial charge in [0.2, 0.25) is 0 Å². The molecule has 1 atom stereocenters. The van der Waals surface area contributed by atoms with Crippen molar-refractivity contribution in [3.05, 3.63) is 53.9 Å². The van der Waals surface area contributed by atoms with Gasteiger partial charge in [-0.1, -0.05) is 42.1 Å². The van der Waals surface area contributed by atoms with Crippen molar-refractivity contribution >= 4 is 11.8 Å². The van der Waals surface area contributed by atoms with Crippen molar-refractivity contribution in [1.29, 1.82) is 0 Å². The number of aliphatic hydroxyl groups excluding tert-OH is 1. The molecule has 0 aliphatic heterocycles. The minimum atomic E-state index is -0.480. The summed E-state index contributed by atoms with van der Waals surface area (Å²) in [5.41, 5.74) is 1.96. The summed E-state index contributed by atoms with van der Waals surface area (Å²) >= 11 is 1.46. The number of benzene rings is 1. The van der Waals surface area contributed by atoms with Crippen LogP contribution in [0.4, 0.5) is 0 Å². The maximum absolute atomic E-state index is 9.96. The first-order chi connectivity index (χ1) is 8.25. The highest BCUT2D eigenvalue weighted by Gasteiger charge is 2.08. The van der Waals surface area contributed by atoms with E-state index in [4.69, 9.17) is 0 Å². The molecule has 0 aliphatic carbocycles. The second-order valence-electron chi connectivity index (χ2n) is 3.78. The maximum Gasteiger partial charge on any atom is 0.187 e. The standard InChI is InChI=1S/C13H14N2OS/c1-10-7-14-13(15-8-10)17-9-12(16)11-5-3-2-4-6-11/h2-8,12,16H,9H2,1H3. The van der Waals surface area contributed by atoms with E-state index in [1.165, 1.54) is 11.8 Å². The lowest BCUT2D eigenvalue weighted by atomic mass is 10.1. The number of hydrogen-bond donors (Lipinski definition) is 1. The Kier molecular flexibility index (Phi) is 4.12. The highest BCUT2D eigenvalue weighted by molar-refractivity contribution is 7.99. The molecule has 3 nitrogen and oxygen atoms in total. The van der Waals surface area contributed by atoms with Crippen molar-refractivity contribution in [3.8, 4) is 0 Å². The molecule has 0 fully saturated rings. The van der Waals surface area contributed by atoms with Crippen molar-refractivity contribution in [2.75, 3.05) is 5.75 Å². The van der Waals surface area contributed by atoms with Gasteiger partial charge in [0.15, 0.2) is 5.16 Å². The van der Waals surface area contributed by atoms with Crippen molar-refractivity contribution in [2.24, 2.45) is 0 Å². The quantitative estimate of drug-likeness (QED) is 0.665. The summed E-state index contributed by atoms with van der Waals surface area (Å²) in [6.07, 6.45) is 3.08. The van der Waals surface area contributed by atoms with Gasteiger partial charge in [0, 0.05) is 18.1 Å². The van der Waals surface area contributed by atoms with Gasteiger partial charge in [-0.2, -0.15) is 0 Å². The lowest BCUT2D eigenvalue weighted by Crippen LogP contribution is -2.01. The van der Waals surface area contributed by atoms with Crippen LogP contribution in [0.3, 0.4) is 0 Å². The van der Waals surface area contributed by atoms with Crippen molar-refractivity contribution in [3.63, 3.8) is 0 Å². The van der Waals surface area contributed by atoms with E-state index in [0.29, 0.717) is 10.9 Å². The summed E-state index contributed by atoms with van der Waals surface area (Å²) < 4.78 is 0. The lowest BCUT2D eigenvalue weighted by Gasteiger charge is -2.09. The zero-order chi connectivity index (χ0) is 12.1. The van der Waals surface area contributed by atoms with Gasteiger partial charge >= 0.3 is 0 Å². The number of aryl methyl sites for hydroxylation is 1. The molecule has 1 unspecified atom stereocenters. The Morgan fingerprint density at radius 2 is 1.82 bits per heavy atom. The third-order valence-electron chi connectivity index (χ3n) is 2.31. The SMILES string of the molecule is Cc1cnc(SCC(O)c2ccccc2)nc1. The van der Waals surface area contributed by atoms with Gasteiger partial charge in [-0.05, 0) is 18.1 Å². The number of aliphatic hydroxyl groups is 1. The molecular weight excluding hydrogens is 232 g/mol. The topological polar surface area (TPSA) is 46.0 Å². The van der Waals surface area contributed by atoms with E-state index in [2.05, 4.69) is 9.97 Å². The first-order valence-electron chi connectivity index (χ1n) is 5.40. The van der Waals surface area contributed by atoms with Crippen molar-refractivity contribution < 1.29 is 5.11 Å². The van der Waals surface area contributed by atoms with Crippen molar-refractivity contribution in [1.82, 2.24) is 9.97 Å². The molecule has 4 heteroatoms. The fourth-order valence-corrected chi connectivity index (χ4v) is 2.13. The summed E-state index contributed by atoms with van der Waals surface area (Å²) in [7, 11) is 0. The van der Waals surface area contributed by atoms with Crippen LogP contribution in [0.1, 0.15) is 17.2 Å². The van der Waals surface area contributed by atoms with Crippen LogP contribution in [-0.2, 0) is 0 Å². The molecule has 17 heavy (non-hydrogen) atoms. The molecule has 1 aromatic carbocycles. The van der Waals surface area contributed by atoms with Crippen LogP contribution >= 0.6 is 11.8 Å². The van der Waals surface area contributed by atoms with E-state index < -0.39 is 6.10 Å². The average molecular weight is 246 g/mol. The normalized spacial score (nSPS) is 12.4. The Labute approximate surface area is 105 Å². The molecule has 0 bridgehead atoms. The summed E-state index contributed by atoms with van der Waals surface area (Å²) in [6.45, 7) is 1.95. The van der Waals surface area contributed by atoms with Crippen LogP contribution in [0, 0.1) is 6.92 Å². The molecule has 1 aromatic heterocycles. The Hall–Kier alpha value is -1.39. The maximum atomic E-state index is 9.96. The molecule has 0 radical (unpaired) electrons. The van der Waals surface area contributed by atoms with Crippen LogP contribution < -0.4 is 0 Å². The number of rotatable bonds is 4. The predicted octanol–water partition coefficient (Wildman–Crippen LogP) is 2.61. The van der Waals surface area contributed by atoms with Gasteiger partial charge in [-0.3, -0.25) is 0 Å². The second-order valence-corrected chi connectivity index (χ2v) is 4.77. The Balaban J connectivity index is 1.92. The molecule has 2 rings (SSSR count). The third-order valence-corrected chi connectivity index (χ3v) is 3.26. The van der Waals surface area contributed by atoms with Crippen LogP contribution in [0.5, 0.6) is 0 Å². The first kappa shape index (κ1) is 12.1. The van der Waals surface area contributed by atoms with Gasteiger partial charge in [-0.15, -0.1) is 0 Å². The van der Waals surface area contributed by atoms with E-state index in [0.717, 1.165) is 11.1 Å². The summed E-state index contributed by atoms with van der Waals surface area (Å²) in [4.78, 5) is 8.37. The Morgan fingerprint density at radius 3 is 2.47 bits per heavy atom. The fraction of sp³-hybridized carbons (Fsp3) is 0.231. The Morgan fingerprint density at radius 1 is 1.18 bits per heavy atom. The van der Waals surface area contributed by atoms with Crippen LogP contribution in [0.2, 0.25) is 0 Å². The number of nitrogens with zero attached hydrogens (tertiary/aromatic N) is 2. The summed E-state index contributed by atoms with van der Waals surface area (Å²) in [5, 5.41) is 10.7. The largest absolute Gasteiger partial charge is 0.388 e. The van der Waals surface area contributed by atoms with Crippen LogP contribution in [0.25, 0.3) is 0 Å².